The minimum atomic E-state index is -0.528. The van der Waals surface area contributed by atoms with E-state index in [9.17, 15) is 9.59 Å². The predicted molar refractivity (Wildman–Crippen MR) is 127 cm³/mol. The fourth-order valence-corrected chi connectivity index (χ4v) is 4.12. The van der Waals surface area contributed by atoms with E-state index in [1.807, 2.05) is 82.3 Å². The van der Waals surface area contributed by atoms with Crippen molar-refractivity contribution >= 4 is 23.6 Å². The van der Waals surface area contributed by atoms with Gasteiger partial charge in [0.2, 0.25) is 11.8 Å². The fraction of sp³-hybridized carbons (Fsp3) is 0.440. The summed E-state index contributed by atoms with van der Waals surface area (Å²) in [4.78, 5) is 29.1. The molecule has 0 spiro atoms. The molecule has 2 amide bonds. The Labute approximate surface area is 190 Å². The van der Waals surface area contributed by atoms with Gasteiger partial charge in [0.25, 0.3) is 0 Å². The van der Waals surface area contributed by atoms with Gasteiger partial charge in [-0.2, -0.15) is 0 Å². The molecule has 0 aromatic heterocycles. The maximum absolute atomic E-state index is 13.3. The van der Waals surface area contributed by atoms with Gasteiger partial charge in [-0.25, -0.2) is 0 Å². The number of methoxy groups -OCH3 is 1. The van der Waals surface area contributed by atoms with Crippen molar-refractivity contribution in [2.45, 2.75) is 63.6 Å². The van der Waals surface area contributed by atoms with E-state index in [4.69, 9.17) is 4.74 Å². The first-order valence-electron chi connectivity index (χ1n) is 10.7. The topological polar surface area (TPSA) is 58.6 Å². The molecule has 0 saturated heterocycles. The number of carbonyl (C=O) groups is 2. The summed E-state index contributed by atoms with van der Waals surface area (Å²) in [7, 11) is 1.62. The Morgan fingerprint density at radius 1 is 1.10 bits per heavy atom. The molecule has 0 radical (unpaired) electrons. The Morgan fingerprint density at radius 3 is 2.42 bits per heavy atom. The van der Waals surface area contributed by atoms with E-state index in [1.54, 1.807) is 23.8 Å². The zero-order valence-electron chi connectivity index (χ0n) is 19.2. The number of amides is 2. The van der Waals surface area contributed by atoms with Crippen molar-refractivity contribution in [1.29, 1.82) is 0 Å². The van der Waals surface area contributed by atoms with E-state index in [2.05, 4.69) is 5.32 Å². The molecule has 2 rings (SSSR count). The molecular formula is C25H34N2O3S. The molecule has 31 heavy (non-hydrogen) atoms. The Kier molecular flexibility index (Phi) is 9.44. The molecule has 0 aliphatic rings. The van der Waals surface area contributed by atoms with Crippen LogP contribution in [0, 0.1) is 0 Å². The normalized spacial score (nSPS) is 12.2. The van der Waals surface area contributed by atoms with E-state index in [0.717, 1.165) is 16.2 Å². The average Bonchev–Trinajstić information content (AvgIpc) is 2.73. The number of nitrogens with one attached hydrogen (secondary N) is 1. The number of hydrogen-bond acceptors (Lipinski definition) is 4. The summed E-state index contributed by atoms with van der Waals surface area (Å²) in [5, 5.41) is 3.03. The third-order valence-electron chi connectivity index (χ3n) is 4.70. The molecule has 6 heteroatoms. The molecule has 0 heterocycles. The lowest BCUT2D eigenvalue weighted by molar-refractivity contribution is -0.141. The molecule has 0 aliphatic carbocycles. The van der Waals surface area contributed by atoms with Crippen LogP contribution in [0.5, 0.6) is 5.75 Å². The van der Waals surface area contributed by atoms with Crippen LogP contribution in [0.25, 0.3) is 0 Å². The Hall–Kier alpha value is -2.47. The highest BCUT2D eigenvalue weighted by molar-refractivity contribution is 7.99. The quantitative estimate of drug-likeness (QED) is 0.532. The van der Waals surface area contributed by atoms with Crippen molar-refractivity contribution in [1.82, 2.24) is 10.2 Å². The monoisotopic (exact) mass is 442 g/mol. The van der Waals surface area contributed by atoms with Crippen molar-refractivity contribution in [2.24, 2.45) is 0 Å². The van der Waals surface area contributed by atoms with Gasteiger partial charge in [0.1, 0.15) is 11.8 Å². The summed E-state index contributed by atoms with van der Waals surface area (Å²) in [6.07, 6.45) is 0.909. The number of rotatable bonds is 10. The van der Waals surface area contributed by atoms with Gasteiger partial charge >= 0.3 is 0 Å². The van der Waals surface area contributed by atoms with E-state index in [0.29, 0.717) is 25.1 Å². The SMILES string of the molecule is CC[C@@H](C(=O)NC(C)(C)C)N(Cc1cccc(OC)c1)C(=O)CCSc1ccccc1. The number of benzene rings is 2. The van der Waals surface area contributed by atoms with E-state index >= 15 is 0 Å². The summed E-state index contributed by atoms with van der Waals surface area (Å²) in [5.41, 5.74) is 0.573. The second-order valence-corrected chi connectivity index (χ2v) is 9.62. The number of ether oxygens (including phenoxy) is 1. The summed E-state index contributed by atoms with van der Waals surface area (Å²) in [5.74, 6) is 1.25. The van der Waals surface area contributed by atoms with Crippen molar-refractivity contribution in [2.75, 3.05) is 12.9 Å². The van der Waals surface area contributed by atoms with Crippen LogP contribution in [0.4, 0.5) is 0 Å². The van der Waals surface area contributed by atoms with Crippen LogP contribution in [-0.2, 0) is 16.1 Å². The zero-order chi connectivity index (χ0) is 22.9. The van der Waals surface area contributed by atoms with Crippen molar-refractivity contribution < 1.29 is 14.3 Å². The molecule has 2 aromatic rings. The summed E-state index contributed by atoms with van der Waals surface area (Å²) in [6, 6.07) is 17.1. The lowest BCUT2D eigenvalue weighted by atomic mass is 10.1. The van der Waals surface area contributed by atoms with Gasteiger partial charge in [-0.05, 0) is 57.0 Å². The summed E-state index contributed by atoms with van der Waals surface area (Å²) in [6.45, 7) is 8.15. The first-order valence-corrected chi connectivity index (χ1v) is 11.6. The van der Waals surface area contributed by atoms with Gasteiger partial charge in [0, 0.05) is 29.2 Å². The third kappa shape index (κ3) is 8.29. The van der Waals surface area contributed by atoms with Crippen LogP contribution < -0.4 is 10.1 Å². The van der Waals surface area contributed by atoms with Gasteiger partial charge < -0.3 is 15.0 Å². The standard InChI is InChI=1S/C25H34N2O3S/c1-6-22(24(29)26-25(2,3)4)27(18-19-11-10-12-20(17-19)30-5)23(28)15-16-31-21-13-8-7-9-14-21/h7-14,17,22H,6,15-16,18H2,1-5H3,(H,26,29)/t22-/m0/s1. The van der Waals surface area contributed by atoms with Crippen LogP contribution >= 0.6 is 11.8 Å². The van der Waals surface area contributed by atoms with Gasteiger partial charge in [0.15, 0.2) is 0 Å². The molecule has 1 N–H and O–H groups in total. The number of thioether (sulfide) groups is 1. The first-order chi connectivity index (χ1) is 14.7. The minimum Gasteiger partial charge on any atom is -0.497 e. The molecule has 1 atom stereocenters. The number of carbonyl (C=O) groups excluding carboxylic acids is 2. The third-order valence-corrected chi connectivity index (χ3v) is 5.71. The van der Waals surface area contributed by atoms with Crippen molar-refractivity contribution in [3.05, 3.63) is 60.2 Å². The maximum atomic E-state index is 13.3. The van der Waals surface area contributed by atoms with Crippen LogP contribution in [0.3, 0.4) is 0 Å². The lowest BCUT2D eigenvalue weighted by Gasteiger charge is -2.33. The van der Waals surface area contributed by atoms with Crippen molar-refractivity contribution in [3.8, 4) is 5.75 Å². The zero-order valence-corrected chi connectivity index (χ0v) is 20.0. The van der Waals surface area contributed by atoms with E-state index < -0.39 is 6.04 Å². The first kappa shape index (κ1) is 24.8. The fourth-order valence-electron chi connectivity index (χ4n) is 3.26. The molecule has 0 aliphatic heterocycles. The Morgan fingerprint density at radius 2 is 1.81 bits per heavy atom. The van der Waals surface area contributed by atoms with Gasteiger partial charge in [-0.15, -0.1) is 11.8 Å². The summed E-state index contributed by atoms with van der Waals surface area (Å²) < 4.78 is 5.32. The Bertz CT molecular complexity index is 849. The second kappa shape index (κ2) is 11.8. The van der Waals surface area contributed by atoms with Crippen LogP contribution in [0.2, 0.25) is 0 Å². The Balaban J connectivity index is 2.18. The minimum absolute atomic E-state index is 0.0258. The van der Waals surface area contributed by atoms with Crippen LogP contribution in [0.15, 0.2) is 59.5 Å². The highest BCUT2D eigenvalue weighted by Crippen LogP contribution is 2.21. The second-order valence-electron chi connectivity index (χ2n) is 8.45. The molecule has 0 saturated carbocycles. The predicted octanol–water partition coefficient (Wildman–Crippen LogP) is 4.90. The molecule has 0 fully saturated rings. The van der Waals surface area contributed by atoms with Gasteiger partial charge in [-0.1, -0.05) is 37.3 Å². The molecule has 168 valence electrons. The van der Waals surface area contributed by atoms with E-state index in [1.165, 1.54) is 0 Å². The number of nitrogens with zero attached hydrogens (tertiary/aromatic N) is 1. The summed E-state index contributed by atoms with van der Waals surface area (Å²) >= 11 is 1.65. The largest absolute Gasteiger partial charge is 0.497 e. The smallest absolute Gasteiger partial charge is 0.243 e. The van der Waals surface area contributed by atoms with Gasteiger partial charge in [0.05, 0.1) is 7.11 Å². The maximum Gasteiger partial charge on any atom is 0.243 e. The average molecular weight is 443 g/mol. The molecule has 0 bridgehead atoms. The molecule has 0 unspecified atom stereocenters. The van der Waals surface area contributed by atoms with Crippen LogP contribution in [-0.4, -0.2) is 41.2 Å². The number of hydrogen-bond donors (Lipinski definition) is 1. The van der Waals surface area contributed by atoms with Gasteiger partial charge in [-0.3, -0.25) is 9.59 Å². The van der Waals surface area contributed by atoms with Crippen LogP contribution in [0.1, 0.15) is 46.1 Å². The molecular weight excluding hydrogens is 408 g/mol. The van der Waals surface area contributed by atoms with Crippen molar-refractivity contribution in [3.63, 3.8) is 0 Å². The highest BCUT2D eigenvalue weighted by Gasteiger charge is 2.30. The molecule has 5 nitrogen and oxygen atoms in total. The highest BCUT2D eigenvalue weighted by atomic mass is 32.2. The molecule has 2 aromatic carbocycles. The van der Waals surface area contributed by atoms with E-state index in [-0.39, 0.29) is 17.4 Å². The lowest BCUT2D eigenvalue weighted by Crippen LogP contribution is -2.53.